The summed E-state index contributed by atoms with van der Waals surface area (Å²) in [5, 5.41) is 0.747. The quantitative estimate of drug-likeness (QED) is 0.849. The van der Waals surface area contributed by atoms with Crippen LogP contribution in [0.15, 0.2) is 42.5 Å². The number of hydrogen-bond donors (Lipinski definition) is 0. The van der Waals surface area contributed by atoms with E-state index >= 15 is 0 Å². The van der Waals surface area contributed by atoms with Gasteiger partial charge in [0.15, 0.2) is 0 Å². The number of para-hydroxylation sites is 1. The maximum absolute atomic E-state index is 12.7. The molecule has 0 unspecified atom stereocenters. The summed E-state index contributed by atoms with van der Waals surface area (Å²) in [6, 6.07) is 12.5. The van der Waals surface area contributed by atoms with Gasteiger partial charge in [0.2, 0.25) is 10.0 Å². The van der Waals surface area contributed by atoms with Crippen molar-refractivity contribution < 1.29 is 8.42 Å². The summed E-state index contributed by atoms with van der Waals surface area (Å²) in [5.74, 6) is -0.195. The summed E-state index contributed by atoms with van der Waals surface area (Å²) >= 11 is 12.2. The Morgan fingerprint density at radius 2 is 1.67 bits per heavy atom. The van der Waals surface area contributed by atoms with Crippen molar-refractivity contribution in [1.82, 2.24) is 0 Å². The molecule has 0 fully saturated rings. The van der Waals surface area contributed by atoms with Crippen LogP contribution < -0.4 is 4.31 Å². The second-order valence-corrected chi connectivity index (χ2v) is 7.61. The number of anilines is 1. The smallest absolute Gasteiger partial charge is 0.239 e. The van der Waals surface area contributed by atoms with E-state index in [1.54, 1.807) is 18.2 Å². The van der Waals surface area contributed by atoms with Gasteiger partial charge in [0.1, 0.15) is 0 Å². The molecule has 0 spiro atoms. The fourth-order valence-electron chi connectivity index (χ4n) is 2.53. The van der Waals surface area contributed by atoms with Crippen LogP contribution in [0, 0.1) is 0 Å². The van der Waals surface area contributed by atoms with Crippen LogP contribution in [0.2, 0.25) is 10.0 Å². The zero-order valence-corrected chi connectivity index (χ0v) is 13.4. The molecule has 6 heteroatoms. The molecule has 0 amide bonds. The summed E-state index contributed by atoms with van der Waals surface area (Å²) in [4.78, 5) is 0. The van der Waals surface area contributed by atoms with E-state index in [1.807, 2.05) is 24.3 Å². The normalized spacial score (nSPS) is 14.3. The molecule has 0 N–H and O–H groups in total. The lowest BCUT2D eigenvalue weighted by Gasteiger charge is -2.20. The number of nitrogens with zero attached hydrogens (tertiary/aromatic N) is 1. The Morgan fingerprint density at radius 3 is 2.38 bits per heavy atom. The average Bonchev–Trinajstić information content (AvgIpc) is 2.88. The Balaban J connectivity index is 1.96. The van der Waals surface area contributed by atoms with E-state index in [2.05, 4.69) is 0 Å². The third kappa shape index (κ3) is 2.76. The maximum Gasteiger partial charge on any atom is 0.239 e. The Bertz CT molecular complexity index is 770. The van der Waals surface area contributed by atoms with E-state index in [0.29, 0.717) is 22.2 Å². The summed E-state index contributed by atoms with van der Waals surface area (Å²) in [6.07, 6.45) is 0.728. The molecule has 1 aliphatic rings. The zero-order chi connectivity index (χ0) is 15.0. The van der Waals surface area contributed by atoms with Crippen molar-refractivity contribution in [3.05, 3.63) is 63.6 Å². The molecule has 2 aromatic rings. The van der Waals surface area contributed by atoms with Crippen molar-refractivity contribution >= 4 is 38.9 Å². The topological polar surface area (TPSA) is 37.4 Å². The van der Waals surface area contributed by atoms with Gasteiger partial charge in [-0.05, 0) is 30.2 Å². The number of rotatable bonds is 3. The van der Waals surface area contributed by atoms with Crippen molar-refractivity contribution in [2.24, 2.45) is 0 Å². The number of fused-ring (bicyclic) bond motifs is 1. The van der Waals surface area contributed by atoms with Crippen molar-refractivity contribution in [1.29, 1.82) is 0 Å². The standard InChI is InChI=1S/C15H13Cl2NO2S/c16-13-5-3-6-14(17)12(13)10-21(19,20)18-9-8-11-4-1-2-7-15(11)18/h1-7H,8-10H2. The lowest BCUT2D eigenvalue weighted by Crippen LogP contribution is -2.30. The summed E-state index contributed by atoms with van der Waals surface area (Å²) in [7, 11) is -3.51. The van der Waals surface area contributed by atoms with Crippen LogP contribution in [0.25, 0.3) is 0 Å². The van der Waals surface area contributed by atoms with Gasteiger partial charge in [-0.25, -0.2) is 8.42 Å². The predicted molar refractivity (Wildman–Crippen MR) is 86.6 cm³/mol. The highest BCUT2D eigenvalue weighted by Gasteiger charge is 2.30. The highest BCUT2D eigenvalue weighted by molar-refractivity contribution is 7.92. The summed E-state index contributed by atoms with van der Waals surface area (Å²) < 4.78 is 26.8. The molecular formula is C15H13Cl2NO2S. The second-order valence-electron chi connectivity index (χ2n) is 4.91. The van der Waals surface area contributed by atoms with Crippen molar-refractivity contribution in [2.45, 2.75) is 12.2 Å². The SMILES string of the molecule is O=S(=O)(Cc1c(Cl)cccc1Cl)N1CCc2ccccc21. The van der Waals surface area contributed by atoms with Gasteiger partial charge in [0, 0.05) is 22.2 Å². The van der Waals surface area contributed by atoms with Gasteiger partial charge in [0.05, 0.1) is 11.4 Å². The van der Waals surface area contributed by atoms with E-state index in [-0.39, 0.29) is 5.75 Å². The fourth-order valence-corrected chi connectivity index (χ4v) is 4.90. The van der Waals surface area contributed by atoms with Gasteiger partial charge in [-0.1, -0.05) is 47.5 Å². The highest BCUT2D eigenvalue weighted by Crippen LogP contribution is 2.33. The van der Waals surface area contributed by atoms with Crippen LogP contribution in [0.1, 0.15) is 11.1 Å². The van der Waals surface area contributed by atoms with Crippen molar-refractivity contribution in [3.63, 3.8) is 0 Å². The minimum Gasteiger partial charge on any atom is -0.269 e. The number of benzene rings is 2. The minimum absolute atomic E-state index is 0.195. The summed E-state index contributed by atoms with van der Waals surface area (Å²) in [5.41, 5.74) is 2.25. The lowest BCUT2D eigenvalue weighted by molar-refractivity contribution is 0.591. The largest absolute Gasteiger partial charge is 0.269 e. The molecule has 110 valence electrons. The first-order valence-corrected chi connectivity index (χ1v) is 8.87. The molecule has 3 nitrogen and oxygen atoms in total. The monoisotopic (exact) mass is 341 g/mol. The van der Waals surface area contributed by atoms with Gasteiger partial charge in [-0.3, -0.25) is 4.31 Å². The Hall–Kier alpha value is -1.23. The van der Waals surface area contributed by atoms with Gasteiger partial charge < -0.3 is 0 Å². The van der Waals surface area contributed by atoms with E-state index in [9.17, 15) is 8.42 Å². The first-order chi connectivity index (χ1) is 9.99. The number of halogens is 2. The zero-order valence-electron chi connectivity index (χ0n) is 11.1. The molecule has 0 radical (unpaired) electrons. The first-order valence-electron chi connectivity index (χ1n) is 6.50. The van der Waals surface area contributed by atoms with Crippen LogP contribution in [0.4, 0.5) is 5.69 Å². The molecule has 0 saturated heterocycles. The van der Waals surface area contributed by atoms with Crippen LogP contribution >= 0.6 is 23.2 Å². The molecular weight excluding hydrogens is 329 g/mol. The Morgan fingerprint density at radius 1 is 1.00 bits per heavy atom. The molecule has 1 aliphatic heterocycles. The van der Waals surface area contributed by atoms with Gasteiger partial charge >= 0.3 is 0 Å². The minimum atomic E-state index is -3.51. The molecule has 0 bridgehead atoms. The number of hydrogen-bond acceptors (Lipinski definition) is 2. The number of sulfonamides is 1. The van der Waals surface area contributed by atoms with E-state index in [0.717, 1.165) is 17.7 Å². The molecule has 3 rings (SSSR count). The third-order valence-corrected chi connectivity index (χ3v) is 5.98. The van der Waals surface area contributed by atoms with E-state index in [4.69, 9.17) is 23.2 Å². The van der Waals surface area contributed by atoms with Crippen LogP contribution in [0.3, 0.4) is 0 Å². The molecule has 2 aromatic carbocycles. The highest BCUT2D eigenvalue weighted by atomic mass is 35.5. The Kier molecular flexibility index (Phi) is 3.86. The van der Waals surface area contributed by atoms with E-state index in [1.165, 1.54) is 4.31 Å². The maximum atomic E-state index is 12.7. The molecule has 0 aromatic heterocycles. The van der Waals surface area contributed by atoms with E-state index < -0.39 is 10.0 Å². The molecule has 21 heavy (non-hydrogen) atoms. The molecule has 0 saturated carbocycles. The van der Waals surface area contributed by atoms with Gasteiger partial charge in [0.25, 0.3) is 0 Å². The molecule has 0 aliphatic carbocycles. The Labute approximate surface area is 134 Å². The summed E-state index contributed by atoms with van der Waals surface area (Å²) in [6.45, 7) is 0.462. The van der Waals surface area contributed by atoms with Gasteiger partial charge in [-0.15, -0.1) is 0 Å². The van der Waals surface area contributed by atoms with Crippen molar-refractivity contribution in [3.8, 4) is 0 Å². The average molecular weight is 342 g/mol. The van der Waals surface area contributed by atoms with Crippen molar-refractivity contribution in [2.75, 3.05) is 10.8 Å². The predicted octanol–water partition coefficient (Wildman–Crippen LogP) is 3.89. The van der Waals surface area contributed by atoms with Gasteiger partial charge in [-0.2, -0.15) is 0 Å². The lowest BCUT2D eigenvalue weighted by atomic mass is 10.2. The first kappa shape index (κ1) is 14.7. The molecule has 0 atom stereocenters. The molecule has 1 heterocycles. The second kappa shape index (κ2) is 5.52. The van der Waals surface area contributed by atoms with Crippen LogP contribution in [-0.4, -0.2) is 15.0 Å². The third-order valence-electron chi connectivity index (χ3n) is 3.57. The van der Waals surface area contributed by atoms with Crippen LogP contribution in [-0.2, 0) is 22.2 Å². The van der Waals surface area contributed by atoms with Crippen LogP contribution in [0.5, 0.6) is 0 Å². The fraction of sp³-hybridized carbons (Fsp3) is 0.200.